The molecule has 1 aliphatic rings. The van der Waals surface area contributed by atoms with Crippen LogP contribution in [0.15, 0.2) is 0 Å². The lowest BCUT2D eigenvalue weighted by molar-refractivity contribution is 0.257. The van der Waals surface area contributed by atoms with Gasteiger partial charge >= 0.3 is 0 Å². The smallest absolute Gasteiger partial charge is 0.0847 e. The van der Waals surface area contributed by atoms with E-state index in [4.69, 9.17) is 11.6 Å². The Bertz CT molecular complexity index is 424. The fraction of sp³-hybridized carbons (Fsp3) is 0.812. The van der Waals surface area contributed by atoms with Gasteiger partial charge in [0.05, 0.1) is 16.4 Å². The second kappa shape index (κ2) is 7.46. The van der Waals surface area contributed by atoms with Crippen molar-refractivity contribution in [1.82, 2.24) is 15.1 Å². The minimum Gasteiger partial charge on any atom is -0.314 e. The van der Waals surface area contributed by atoms with Gasteiger partial charge in [0.25, 0.3) is 0 Å². The zero-order chi connectivity index (χ0) is 14.5. The van der Waals surface area contributed by atoms with Gasteiger partial charge in [-0.1, -0.05) is 37.8 Å². The molecule has 4 heteroatoms. The van der Waals surface area contributed by atoms with E-state index in [9.17, 15) is 0 Å². The van der Waals surface area contributed by atoms with Crippen molar-refractivity contribution in [2.75, 3.05) is 6.54 Å². The van der Waals surface area contributed by atoms with Crippen LogP contribution in [0.1, 0.15) is 57.3 Å². The molecule has 1 unspecified atom stereocenters. The first-order valence-electron chi connectivity index (χ1n) is 8.10. The number of hydrogen-bond donors (Lipinski definition) is 1. The first-order chi connectivity index (χ1) is 9.65. The molecule has 0 radical (unpaired) electrons. The summed E-state index contributed by atoms with van der Waals surface area (Å²) in [6, 6.07) is 0.541. The molecule has 1 atom stereocenters. The maximum Gasteiger partial charge on any atom is 0.0847 e. The lowest BCUT2D eigenvalue weighted by Crippen LogP contribution is -2.35. The monoisotopic (exact) mass is 297 g/mol. The Morgan fingerprint density at radius 1 is 1.40 bits per heavy atom. The zero-order valence-corrected chi connectivity index (χ0v) is 13.8. The molecule has 3 nitrogen and oxygen atoms in total. The Kier molecular flexibility index (Phi) is 5.91. The van der Waals surface area contributed by atoms with Gasteiger partial charge in [0.1, 0.15) is 0 Å². The molecule has 1 aromatic heterocycles. The highest BCUT2D eigenvalue weighted by atomic mass is 35.5. The third kappa shape index (κ3) is 3.76. The number of aromatic nitrogens is 2. The molecule has 1 N–H and O–H groups in total. The molecule has 0 saturated heterocycles. The maximum absolute atomic E-state index is 6.44. The SMILES string of the molecule is CCCNC(Cc1c(Cl)c(C)nn1CC)CC1CCC1. The van der Waals surface area contributed by atoms with Crippen molar-refractivity contribution in [3.8, 4) is 0 Å². The molecule has 1 fully saturated rings. The van der Waals surface area contributed by atoms with E-state index in [1.165, 1.54) is 37.8 Å². The summed E-state index contributed by atoms with van der Waals surface area (Å²) in [5.41, 5.74) is 2.17. The van der Waals surface area contributed by atoms with Crippen molar-refractivity contribution in [1.29, 1.82) is 0 Å². The number of aryl methyl sites for hydroxylation is 2. The summed E-state index contributed by atoms with van der Waals surface area (Å²) in [5.74, 6) is 0.919. The molecule has 0 amide bonds. The van der Waals surface area contributed by atoms with Gasteiger partial charge < -0.3 is 5.32 Å². The van der Waals surface area contributed by atoms with Crippen molar-refractivity contribution < 1.29 is 0 Å². The first kappa shape index (κ1) is 15.8. The lowest BCUT2D eigenvalue weighted by atomic mass is 9.80. The number of rotatable bonds is 8. The summed E-state index contributed by atoms with van der Waals surface area (Å²) in [6.07, 6.45) is 7.70. The number of nitrogens with one attached hydrogen (secondary N) is 1. The zero-order valence-electron chi connectivity index (χ0n) is 13.1. The van der Waals surface area contributed by atoms with Crippen LogP contribution in [0, 0.1) is 12.8 Å². The minimum atomic E-state index is 0.541. The van der Waals surface area contributed by atoms with Crippen LogP contribution in [0.25, 0.3) is 0 Å². The average molecular weight is 298 g/mol. The predicted molar refractivity (Wildman–Crippen MR) is 85.4 cm³/mol. The van der Waals surface area contributed by atoms with Crippen LogP contribution in [-0.2, 0) is 13.0 Å². The van der Waals surface area contributed by atoms with E-state index in [-0.39, 0.29) is 0 Å². The molecule has 1 aromatic rings. The topological polar surface area (TPSA) is 29.9 Å². The average Bonchev–Trinajstić information content (AvgIpc) is 2.67. The van der Waals surface area contributed by atoms with Crippen LogP contribution < -0.4 is 5.32 Å². The minimum absolute atomic E-state index is 0.541. The van der Waals surface area contributed by atoms with E-state index in [1.807, 2.05) is 6.92 Å². The summed E-state index contributed by atoms with van der Waals surface area (Å²) in [4.78, 5) is 0. The summed E-state index contributed by atoms with van der Waals surface area (Å²) in [7, 11) is 0. The van der Waals surface area contributed by atoms with Gasteiger partial charge in [0.15, 0.2) is 0 Å². The molecule has 20 heavy (non-hydrogen) atoms. The van der Waals surface area contributed by atoms with E-state index in [1.54, 1.807) is 0 Å². The molecule has 1 heterocycles. The van der Waals surface area contributed by atoms with Gasteiger partial charge in [0.2, 0.25) is 0 Å². The highest BCUT2D eigenvalue weighted by molar-refractivity contribution is 6.31. The fourth-order valence-corrected chi connectivity index (χ4v) is 3.23. The van der Waals surface area contributed by atoms with Crippen molar-refractivity contribution in [3.63, 3.8) is 0 Å². The number of halogens is 1. The fourth-order valence-electron chi connectivity index (χ4n) is 3.02. The lowest BCUT2D eigenvalue weighted by Gasteiger charge is -2.30. The Morgan fingerprint density at radius 3 is 2.70 bits per heavy atom. The van der Waals surface area contributed by atoms with E-state index in [0.29, 0.717) is 6.04 Å². The van der Waals surface area contributed by atoms with Gasteiger partial charge in [-0.3, -0.25) is 4.68 Å². The standard InChI is InChI=1S/C16H28ClN3/c1-4-9-18-14(10-13-7-6-8-13)11-15-16(17)12(3)19-20(15)5-2/h13-14,18H,4-11H2,1-3H3. The normalized spacial score (nSPS) is 17.2. The van der Waals surface area contributed by atoms with Gasteiger partial charge in [-0.25, -0.2) is 0 Å². The van der Waals surface area contributed by atoms with Gasteiger partial charge in [0, 0.05) is 19.0 Å². The Hall–Kier alpha value is -0.540. The van der Waals surface area contributed by atoms with Gasteiger partial charge in [-0.2, -0.15) is 5.10 Å². The molecule has 2 rings (SSSR count). The Balaban J connectivity index is 2.05. The molecule has 1 saturated carbocycles. The van der Waals surface area contributed by atoms with Crippen LogP contribution in [0.5, 0.6) is 0 Å². The van der Waals surface area contributed by atoms with Crippen LogP contribution in [0.2, 0.25) is 5.02 Å². The quantitative estimate of drug-likeness (QED) is 0.787. The van der Waals surface area contributed by atoms with E-state index in [2.05, 4.69) is 28.9 Å². The molecule has 0 aliphatic heterocycles. The molecule has 0 aromatic carbocycles. The molecule has 114 valence electrons. The van der Waals surface area contributed by atoms with Crippen LogP contribution in [-0.4, -0.2) is 22.4 Å². The van der Waals surface area contributed by atoms with E-state index >= 15 is 0 Å². The second-order valence-electron chi connectivity index (χ2n) is 6.05. The van der Waals surface area contributed by atoms with Crippen molar-refractivity contribution >= 4 is 11.6 Å². The van der Waals surface area contributed by atoms with Crippen molar-refractivity contribution in [3.05, 3.63) is 16.4 Å². The van der Waals surface area contributed by atoms with Crippen molar-refractivity contribution in [2.24, 2.45) is 5.92 Å². The second-order valence-corrected chi connectivity index (χ2v) is 6.43. The van der Waals surface area contributed by atoms with Crippen LogP contribution in [0.3, 0.4) is 0 Å². The van der Waals surface area contributed by atoms with Crippen molar-refractivity contribution in [2.45, 2.75) is 71.9 Å². The Morgan fingerprint density at radius 2 is 2.15 bits per heavy atom. The number of hydrogen-bond acceptors (Lipinski definition) is 2. The highest BCUT2D eigenvalue weighted by Gasteiger charge is 2.24. The third-order valence-electron chi connectivity index (χ3n) is 4.42. The summed E-state index contributed by atoms with van der Waals surface area (Å²) in [6.45, 7) is 8.34. The number of nitrogens with zero attached hydrogens (tertiary/aromatic N) is 2. The summed E-state index contributed by atoms with van der Waals surface area (Å²) in [5, 5.41) is 9.10. The van der Waals surface area contributed by atoms with Gasteiger partial charge in [-0.05, 0) is 39.2 Å². The predicted octanol–water partition coefficient (Wildman–Crippen LogP) is 3.97. The van der Waals surface area contributed by atoms with E-state index in [0.717, 1.165) is 36.1 Å². The first-order valence-corrected chi connectivity index (χ1v) is 8.48. The largest absolute Gasteiger partial charge is 0.314 e. The van der Waals surface area contributed by atoms with Crippen LogP contribution >= 0.6 is 11.6 Å². The maximum atomic E-state index is 6.44. The highest BCUT2D eigenvalue weighted by Crippen LogP contribution is 2.32. The molecular formula is C16H28ClN3. The van der Waals surface area contributed by atoms with Gasteiger partial charge in [-0.15, -0.1) is 0 Å². The third-order valence-corrected chi connectivity index (χ3v) is 4.91. The molecule has 0 bridgehead atoms. The van der Waals surface area contributed by atoms with Crippen LogP contribution in [0.4, 0.5) is 0 Å². The summed E-state index contributed by atoms with van der Waals surface area (Å²) < 4.78 is 2.07. The molecule has 0 spiro atoms. The Labute approximate surface area is 128 Å². The molecule has 1 aliphatic carbocycles. The summed E-state index contributed by atoms with van der Waals surface area (Å²) >= 11 is 6.44. The van der Waals surface area contributed by atoms with E-state index < -0.39 is 0 Å². The molecular weight excluding hydrogens is 270 g/mol.